The fraction of sp³-hybridized carbons (Fsp3) is 0.333. The highest BCUT2D eigenvalue weighted by molar-refractivity contribution is 6.02. The molecule has 31 heavy (non-hydrogen) atoms. The Labute approximate surface area is 179 Å². The van der Waals surface area contributed by atoms with E-state index in [2.05, 4.69) is 0 Å². The van der Waals surface area contributed by atoms with Crippen LogP contribution in [0.2, 0.25) is 0 Å². The van der Waals surface area contributed by atoms with E-state index >= 15 is 0 Å². The van der Waals surface area contributed by atoms with Gasteiger partial charge in [0, 0.05) is 30.5 Å². The summed E-state index contributed by atoms with van der Waals surface area (Å²) in [7, 11) is 1.94. The van der Waals surface area contributed by atoms with E-state index < -0.39 is 11.5 Å². The van der Waals surface area contributed by atoms with Gasteiger partial charge in [0.05, 0.1) is 23.0 Å². The highest BCUT2D eigenvalue weighted by Gasteiger charge is 2.27. The van der Waals surface area contributed by atoms with E-state index in [1.807, 2.05) is 61.9 Å². The van der Waals surface area contributed by atoms with Crippen molar-refractivity contribution in [2.45, 2.75) is 38.7 Å². The lowest BCUT2D eigenvalue weighted by Gasteiger charge is -2.29. The minimum Gasteiger partial charge on any atom is -0.493 e. The molecule has 0 spiro atoms. The topological polar surface area (TPSA) is 89.8 Å². The number of hydroxylamine groups is 1. The molecule has 1 aliphatic rings. The molecule has 1 aliphatic heterocycles. The van der Waals surface area contributed by atoms with Gasteiger partial charge >= 0.3 is 0 Å². The zero-order valence-corrected chi connectivity index (χ0v) is 17.9. The van der Waals surface area contributed by atoms with Crippen LogP contribution in [0.25, 0.3) is 27.9 Å². The van der Waals surface area contributed by atoms with Crippen LogP contribution in [-0.2, 0) is 11.8 Å². The van der Waals surface area contributed by atoms with Gasteiger partial charge < -0.3 is 14.0 Å². The van der Waals surface area contributed by atoms with Crippen LogP contribution in [0.3, 0.4) is 0 Å². The Morgan fingerprint density at radius 1 is 1.26 bits per heavy atom. The molecule has 0 aliphatic carbocycles. The first-order valence-corrected chi connectivity index (χ1v) is 10.3. The first-order chi connectivity index (χ1) is 14.8. The molecule has 0 unspecified atom stereocenters. The predicted molar refractivity (Wildman–Crippen MR) is 120 cm³/mol. The number of unbranched alkanes of at least 4 members (excludes halogenated alkanes) is 1. The number of benzene rings is 2. The molecular formula is C24H26N2O5. The summed E-state index contributed by atoms with van der Waals surface area (Å²) in [5.41, 5.74) is 3.53. The molecule has 2 heterocycles. The van der Waals surface area contributed by atoms with Gasteiger partial charge in [-0.05, 0) is 51.0 Å². The summed E-state index contributed by atoms with van der Waals surface area (Å²) in [6.45, 7) is 4.29. The van der Waals surface area contributed by atoms with Crippen LogP contribution in [0.15, 0.2) is 41.2 Å². The second-order valence-corrected chi connectivity index (χ2v) is 8.29. The number of hydrogen-bond acceptors (Lipinski definition) is 5. The average molecular weight is 422 g/mol. The lowest BCUT2D eigenvalue weighted by molar-refractivity contribution is -0.129. The van der Waals surface area contributed by atoms with Gasteiger partial charge in [-0.2, -0.15) is 0 Å². The molecule has 7 nitrogen and oxygen atoms in total. The smallest absolute Gasteiger partial charge is 0.243 e. The van der Waals surface area contributed by atoms with Crippen LogP contribution in [0, 0.1) is 0 Å². The molecule has 0 saturated heterocycles. The molecule has 0 saturated carbocycles. The number of fused-ring (bicyclic) bond motifs is 4. The first-order valence-electron chi connectivity index (χ1n) is 10.3. The number of carbonyl (C=O) groups is 1. The fourth-order valence-electron chi connectivity index (χ4n) is 4.00. The number of nitrogens with one attached hydrogen (secondary N) is 1. The molecule has 0 bridgehead atoms. The van der Waals surface area contributed by atoms with E-state index in [0.717, 1.165) is 16.6 Å². The van der Waals surface area contributed by atoms with Crippen molar-refractivity contribution in [1.82, 2.24) is 10.0 Å². The number of para-hydroxylation sites is 1. The van der Waals surface area contributed by atoms with E-state index in [1.54, 1.807) is 11.5 Å². The van der Waals surface area contributed by atoms with Crippen molar-refractivity contribution in [3.8, 4) is 11.5 Å². The highest BCUT2D eigenvalue weighted by Crippen LogP contribution is 2.40. The predicted octanol–water partition coefficient (Wildman–Crippen LogP) is 3.93. The molecule has 7 heteroatoms. The standard InChI is InChI=1S/C24H26N2O5/c1-24(2)12-11-16-18(31-24)14-19(30-13-7-6-10-20(27)25-29)21-22(16)26(3)17-9-5-4-8-15(17)23(21)28/h4-5,8-9,11-12,14,29H,6-7,10,13H2,1-3H3,(H,25,27). The van der Waals surface area contributed by atoms with Gasteiger partial charge in [-0.3, -0.25) is 14.8 Å². The monoisotopic (exact) mass is 422 g/mol. The summed E-state index contributed by atoms with van der Waals surface area (Å²) in [5.74, 6) is 0.708. The second-order valence-electron chi connectivity index (χ2n) is 8.29. The molecule has 4 rings (SSSR count). The van der Waals surface area contributed by atoms with Crippen LogP contribution >= 0.6 is 0 Å². The average Bonchev–Trinajstić information content (AvgIpc) is 2.75. The van der Waals surface area contributed by atoms with Crippen molar-refractivity contribution in [3.05, 3.63) is 52.2 Å². The SMILES string of the molecule is Cn1c2ccccc2c(=O)c2c(OCCCCC(=O)NO)cc3c(c21)C=CC(C)(C)O3. The third-order valence-electron chi connectivity index (χ3n) is 5.54. The van der Waals surface area contributed by atoms with Crippen LogP contribution in [0.4, 0.5) is 0 Å². The molecule has 2 N–H and O–H groups in total. The largest absolute Gasteiger partial charge is 0.493 e. The molecule has 3 aromatic rings. The number of nitrogens with zero attached hydrogens (tertiary/aromatic N) is 1. The number of amides is 1. The lowest BCUT2D eigenvalue weighted by atomic mass is 9.98. The Morgan fingerprint density at radius 3 is 2.81 bits per heavy atom. The number of hydrogen-bond donors (Lipinski definition) is 2. The summed E-state index contributed by atoms with van der Waals surface area (Å²) in [4.78, 5) is 24.6. The van der Waals surface area contributed by atoms with Crippen molar-refractivity contribution in [2.75, 3.05) is 6.61 Å². The van der Waals surface area contributed by atoms with E-state index in [4.69, 9.17) is 14.7 Å². The Kier molecular flexibility index (Phi) is 5.45. The Hall–Kier alpha value is -3.32. The van der Waals surface area contributed by atoms with Crippen LogP contribution in [-0.4, -0.2) is 27.9 Å². The Bertz CT molecular complexity index is 1260. The van der Waals surface area contributed by atoms with Crippen molar-refractivity contribution < 1.29 is 19.5 Å². The number of ether oxygens (including phenoxy) is 2. The lowest BCUT2D eigenvalue weighted by Crippen LogP contribution is -2.28. The normalized spacial score (nSPS) is 14.3. The van der Waals surface area contributed by atoms with Gasteiger partial charge in [0.1, 0.15) is 17.1 Å². The quantitative estimate of drug-likeness (QED) is 0.272. The van der Waals surface area contributed by atoms with Crippen LogP contribution < -0.4 is 20.4 Å². The Morgan fingerprint density at radius 2 is 2.03 bits per heavy atom. The van der Waals surface area contributed by atoms with Gasteiger partial charge in [0.15, 0.2) is 0 Å². The van der Waals surface area contributed by atoms with Gasteiger partial charge in [-0.25, -0.2) is 5.48 Å². The minimum atomic E-state index is -0.467. The molecular weight excluding hydrogens is 396 g/mol. The van der Waals surface area contributed by atoms with E-state index in [9.17, 15) is 9.59 Å². The summed E-state index contributed by atoms with van der Waals surface area (Å²) >= 11 is 0. The highest BCUT2D eigenvalue weighted by atomic mass is 16.5. The van der Waals surface area contributed by atoms with Gasteiger partial charge in [0.25, 0.3) is 0 Å². The number of aromatic nitrogens is 1. The Balaban J connectivity index is 1.83. The molecule has 162 valence electrons. The minimum absolute atomic E-state index is 0.0839. The first kappa shape index (κ1) is 20.9. The molecule has 0 fully saturated rings. The van der Waals surface area contributed by atoms with Crippen molar-refractivity contribution in [1.29, 1.82) is 0 Å². The fourth-order valence-corrected chi connectivity index (χ4v) is 4.00. The number of pyridine rings is 1. The van der Waals surface area contributed by atoms with Gasteiger partial charge in [0.2, 0.25) is 11.3 Å². The zero-order chi connectivity index (χ0) is 22.2. The molecule has 2 aromatic carbocycles. The van der Waals surface area contributed by atoms with Crippen molar-refractivity contribution in [2.24, 2.45) is 7.05 Å². The molecule has 0 radical (unpaired) electrons. The summed E-state index contributed by atoms with van der Waals surface area (Å²) in [5, 5.41) is 9.74. The van der Waals surface area contributed by atoms with E-state index in [-0.39, 0.29) is 11.8 Å². The maximum Gasteiger partial charge on any atom is 0.243 e. The third kappa shape index (κ3) is 3.88. The maximum atomic E-state index is 13.5. The van der Waals surface area contributed by atoms with Crippen LogP contribution in [0.1, 0.15) is 38.7 Å². The second kappa shape index (κ2) is 8.07. The zero-order valence-electron chi connectivity index (χ0n) is 17.9. The number of carbonyl (C=O) groups excluding carboxylic acids is 1. The molecule has 0 atom stereocenters. The van der Waals surface area contributed by atoms with E-state index in [0.29, 0.717) is 41.7 Å². The number of rotatable bonds is 6. The van der Waals surface area contributed by atoms with Gasteiger partial charge in [-0.15, -0.1) is 0 Å². The van der Waals surface area contributed by atoms with Crippen molar-refractivity contribution >= 4 is 33.8 Å². The summed E-state index contributed by atoms with van der Waals surface area (Å²) in [6.07, 6.45) is 5.36. The van der Waals surface area contributed by atoms with Crippen molar-refractivity contribution in [3.63, 3.8) is 0 Å². The van der Waals surface area contributed by atoms with Crippen LogP contribution in [0.5, 0.6) is 11.5 Å². The summed E-state index contributed by atoms with van der Waals surface area (Å²) < 4.78 is 14.2. The van der Waals surface area contributed by atoms with Gasteiger partial charge in [-0.1, -0.05) is 12.1 Å². The summed E-state index contributed by atoms with van der Waals surface area (Å²) in [6, 6.07) is 9.31. The van der Waals surface area contributed by atoms with E-state index in [1.165, 1.54) is 0 Å². The number of aryl methyl sites for hydroxylation is 1. The molecule has 1 amide bonds. The molecule has 1 aromatic heterocycles. The third-order valence-corrected chi connectivity index (χ3v) is 5.54. The maximum absolute atomic E-state index is 13.5.